The van der Waals surface area contributed by atoms with E-state index in [0.29, 0.717) is 13.0 Å². The number of hydrogen-bond donors (Lipinski definition) is 0. The van der Waals surface area contributed by atoms with Crippen molar-refractivity contribution in [2.75, 3.05) is 19.8 Å². The van der Waals surface area contributed by atoms with Crippen LogP contribution in [0.4, 0.5) is 0 Å². The zero-order chi connectivity index (χ0) is 22.8. The zero-order valence-corrected chi connectivity index (χ0v) is 18.6. The number of esters is 1. The molecule has 1 saturated heterocycles. The molecule has 1 aliphatic heterocycles. The molecule has 1 fully saturated rings. The highest BCUT2D eigenvalue weighted by atomic mass is 32.2. The second-order valence-corrected chi connectivity index (χ2v) is 9.20. The molecule has 0 radical (unpaired) electrons. The first-order chi connectivity index (χ1) is 15.5. The summed E-state index contributed by atoms with van der Waals surface area (Å²) in [6.07, 6.45) is 7.52. The summed E-state index contributed by atoms with van der Waals surface area (Å²) < 4.78 is 44.4. The summed E-state index contributed by atoms with van der Waals surface area (Å²) in [4.78, 5) is 13.1. The molecule has 8 heteroatoms. The first-order valence-electron chi connectivity index (χ1n) is 10.5. The summed E-state index contributed by atoms with van der Waals surface area (Å²) >= 11 is 0. The number of rotatable bonds is 10. The molecule has 1 unspecified atom stereocenters. The van der Waals surface area contributed by atoms with E-state index in [1.54, 1.807) is 18.2 Å². The number of nitrogens with zero attached hydrogens (tertiary/aromatic N) is 1. The van der Waals surface area contributed by atoms with Crippen molar-refractivity contribution in [2.24, 2.45) is 0 Å². The summed E-state index contributed by atoms with van der Waals surface area (Å²) in [6, 6.07) is 15.7. The third kappa shape index (κ3) is 6.40. The molecule has 0 bridgehead atoms. The number of ether oxygens (including phenoxy) is 3. The topological polar surface area (TPSA) is 82.1 Å². The lowest BCUT2D eigenvalue weighted by atomic mass is 10.2. The fraction of sp³-hybridized carbons (Fsp3) is 0.375. The Hall–Kier alpha value is -2.70. The minimum absolute atomic E-state index is 0.00534. The Balaban J connectivity index is 1.83. The van der Waals surface area contributed by atoms with Crippen LogP contribution in [0.3, 0.4) is 0 Å². The van der Waals surface area contributed by atoms with Crippen molar-refractivity contribution in [3.05, 3.63) is 66.2 Å². The number of benzene rings is 2. The molecule has 7 nitrogen and oxygen atoms in total. The van der Waals surface area contributed by atoms with Crippen molar-refractivity contribution >= 4 is 16.0 Å². The number of sulfonamides is 1. The number of hydrogen-bond acceptors (Lipinski definition) is 6. The van der Waals surface area contributed by atoms with Crippen LogP contribution >= 0.6 is 0 Å². The van der Waals surface area contributed by atoms with Crippen molar-refractivity contribution < 1.29 is 27.4 Å². The van der Waals surface area contributed by atoms with Gasteiger partial charge in [-0.3, -0.25) is 4.79 Å². The quantitative estimate of drug-likeness (QED) is 0.403. The van der Waals surface area contributed by atoms with Gasteiger partial charge in [0.05, 0.1) is 18.0 Å². The second kappa shape index (κ2) is 11.8. The molecule has 32 heavy (non-hydrogen) atoms. The molecule has 2 aromatic rings. The average molecular weight is 458 g/mol. The van der Waals surface area contributed by atoms with E-state index >= 15 is 0 Å². The highest BCUT2D eigenvalue weighted by molar-refractivity contribution is 7.89. The van der Waals surface area contributed by atoms with Gasteiger partial charge in [0, 0.05) is 6.61 Å². The number of terminal acetylenes is 1. The molecular weight excluding hydrogens is 430 g/mol. The lowest BCUT2D eigenvalue weighted by Crippen LogP contribution is -2.49. The summed E-state index contributed by atoms with van der Waals surface area (Å²) in [5.74, 6) is 1.61. The predicted molar refractivity (Wildman–Crippen MR) is 119 cm³/mol. The standard InChI is InChI=1S/C24H27NO6S/c1-2-16-25(32(27,28)21-13-7-4-8-14-21)22(19-30-23-15-9-10-17-29-23)24(26)31-18-20-11-5-3-6-12-20/h1,3-8,11-14,22-23H,9-10,15-19H2/t22-,23?/m0/s1. The molecule has 0 amide bonds. The molecule has 0 aliphatic carbocycles. The van der Waals surface area contributed by atoms with Crippen LogP contribution in [0.15, 0.2) is 65.6 Å². The minimum atomic E-state index is -4.07. The Kier molecular flexibility index (Phi) is 8.82. The van der Waals surface area contributed by atoms with E-state index in [1.807, 2.05) is 30.3 Å². The first-order valence-corrected chi connectivity index (χ1v) is 11.9. The molecule has 2 aromatic carbocycles. The van der Waals surface area contributed by atoms with E-state index in [1.165, 1.54) is 12.1 Å². The smallest absolute Gasteiger partial charge is 0.327 e. The van der Waals surface area contributed by atoms with Crippen LogP contribution in [0, 0.1) is 12.3 Å². The molecule has 0 saturated carbocycles. The highest BCUT2D eigenvalue weighted by Crippen LogP contribution is 2.21. The van der Waals surface area contributed by atoms with Crippen LogP contribution in [0.2, 0.25) is 0 Å². The van der Waals surface area contributed by atoms with E-state index in [2.05, 4.69) is 5.92 Å². The van der Waals surface area contributed by atoms with Crippen LogP contribution in [-0.2, 0) is 35.6 Å². The van der Waals surface area contributed by atoms with Gasteiger partial charge in [0.1, 0.15) is 12.6 Å². The SMILES string of the molecule is C#CCN([C@@H](COC1CCCCO1)C(=O)OCc1ccccc1)S(=O)(=O)c1ccccc1. The molecule has 0 N–H and O–H groups in total. The summed E-state index contributed by atoms with van der Waals surface area (Å²) in [5.41, 5.74) is 0.783. The Labute approximate surface area is 189 Å². The van der Waals surface area contributed by atoms with Crippen LogP contribution in [0.25, 0.3) is 0 Å². The molecule has 2 atom stereocenters. The van der Waals surface area contributed by atoms with Gasteiger partial charge in [-0.15, -0.1) is 6.42 Å². The van der Waals surface area contributed by atoms with Gasteiger partial charge < -0.3 is 14.2 Å². The van der Waals surface area contributed by atoms with Crippen molar-refractivity contribution in [2.45, 2.75) is 43.1 Å². The third-order valence-electron chi connectivity index (χ3n) is 5.02. The van der Waals surface area contributed by atoms with Crippen molar-refractivity contribution in [3.63, 3.8) is 0 Å². The Morgan fingerprint density at radius 3 is 2.44 bits per heavy atom. The Morgan fingerprint density at radius 1 is 1.12 bits per heavy atom. The van der Waals surface area contributed by atoms with Gasteiger partial charge >= 0.3 is 5.97 Å². The summed E-state index contributed by atoms with van der Waals surface area (Å²) in [7, 11) is -4.07. The maximum Gasteiger partial charge on any atom is 0.327 e. The van der Waals surface area contributed by atoms with Gasteiger partial charge in [-0.2, -0.15) is 4.31 Å². The number of carbonyl (C=O) groups is 1. The van der Waals surface area contributed by atoms with Gasteiger partial charge in [-0.1, -0.05) is 54.5 Å². The number of carbonyl (C=O) groups excluding carboxylic acids is 1. The van der Waals surface area contributed by atoms with Gasteiger partial charge in [0.15, 0.2) is 6.29 Å². The van der Waals surface area contributed by atoms with Gasteiger partial charge in [-0.05, 0) is 37.0 Å². The van der Waals surface area contributed by atoms with Crippen LogP contribution in [0.5, 0.6) is 0 Å². The van der Waals surface area contributed by atoms with Gasteiger partial charge in [0.2, 0.25) is 10.0 Å². The molecule has 1 heterocycles. The average Bonchev–Trinajstić information content (AvgIpc) is 2.84. The normalized spacial score (nSPS) is 17.4. The minimum Gasteiger partial charge on any atom is -0.460 e. The molecule has 170 valence electrons. The van der Waals surface area contributed by atoms with E-state index in [0.717, 1.165) is 22.7 Å². The fourth-order valence-corrected chi connectivity index (χ4v) is 4.81. The largest absolute Gasteiger partial charge is 0.460 e. The molecule has 0 spiro atoms. The fourth-order valence-electron chi connectivity index (χ4n) is 3.32. The Bertz CT molecular complexity index is 998. The molecule has 0 aromatic heterocycles. The molecular formula is C24H27NO6S. The first kappa shape index (κ1) is 24.0. The van der Waals surface area contributed by atoms with Crippen LogP contribution in [-0.4, -0.2) is 50.8 Å². The van der Waals surface area contributed by atoms with E-state index < -0.39 is 28.3 Å². The monoisotopic (exact) mass is 457 g/mol. The highest BCUT2D eigenvalue weighted by Gasteiger charge is 2.37. The molecule has 3 rings (SSSR count). The van der Waals surface area contributed by atoms with Gasteiger partial charge in [0.25, 0.3) is 0 Å². The maximum absolute atomic E-state index is 13.3. The molecule has 1 aliphatic rings. The second-order valence-electron chi connectivity index (χ2n) is 7.31. The maximum atomic E-state index is 13.3. The Morgan fingerprint density at radius 2 is 1.81 bits per heavy atom. The third-order valence-corrected chi connectivity index (χ3v) is 6.89. The van der Waals surface area contributed by atoms with Gasteiger partial charge in [-0.25, -0.2) is 8.42 Å². The zero-order valence-electron chi connectivity index (χ0n) is 17.8. The lowest BCUT2D eigenvalue weighted by molar-refractivity contribution is -0.177. The van der Waals surface area contributed by atoms with E-state index in [9.17, 15) is 13.2 Å². The van der Waals surface area contributed by atoms with E-state index in [4.69, 9.17) is 20.6 Å². The van der Waals surface area contributed by atoms with Crippen molar-refractivity contribution in [1.29, 1.82) is 0 Å². The van der Waals surface area contributed by atoms with Crippen molar-refractivity contribution in [1.82, 2.24) is 4.31 Å². The summed E-state index contributed by atoms with van der Waals surface area (Å²) in [5, 5.41) is 0. The predicted octanol–water partition coefficient (Wildman–Crippen LogP) is 2.97. The van der Waals surface area contributed by atoms with Crippen molar-refractivity contribution in [3.8, 4) is 12.3 Å². The summed E-state index contributed by atoms with van der Waals surface area (Å²) in [6.45, 7) is 0.0266. The van der Waals surface area contributed by atoms with Crippen LogP contribution < -0.4 is 0 Å². The lowest BCUT2D eigenvalue weighted by Gasteiger charge is -2.30. The van der Waals surface area contributed by atoms with Crippen LogP contribution in [0.1, 0.15) is 24.8 Å². The van der Waals surface area contributed by atoms with E-state index in [-0.39, 0.29) is 24.7 Å².